The van der Waals surface area contributed by atoms with Gasteiger partial charge in [-0.15, -0.1) is 0 Å². The fourth-order valence-corrected chi connectivity index (χ4v) is 3.16. The Balaban J connectivity index is 1.57. The van der Waals surface area contributed by atoms with Gasteiger partial charge in [-0.3, -0.25) is 4.90 Å². The van der Waals surface area contributed by atoms with Crippen LogP contribution >= 0.6 is 0 Å². The smallest absolute Gasteiger partial charge is 0.123 e. The fraction of sp³-hybridized carbons (Fsp3) is 0.304. The molecule has 0 bridgehead atoms. The summed E-state index contributed by atoms with van der Waals surface area (Å²) in [7, 11) is 2.00. The summed E-state index contributed by atoms with van der Waals surface area (Å²) in [5, 5.41) is 10.5. The Morgan fingerprint density at radius 2 is 1.71 bits per heavy atom. The number of nitrogens with zero attached hydrogens (tertiary/aromatic N) is 2. The summed E-state index contributed by atoms with van der Waals surface area (Å²) in [5.41, 5.74) is 3.24. The molecule has 2 aromatic carbocycles. The van der Waals surface area contributed by atoms with Gasteiger partial charge in [0.2, 0.25) is 0 Å². The van der Waals surface area contributed by atoms with Crippen molar-refractivity contribution in [3.8, 4) is 0 Å². The van der Waals surface area contributed by atoms with Crippen molar-refractivity contribution in [1.29, 1.82) is 0 Å². The molecule has 0 radical (unpaired) electrons. The maximum Gasteiger partial charge on any atom is 0.123 e. The Labute approximate surface area is 165 Å². The molecule has 4 nitrogen and oxygen atoms in total. The molecule has 1 N–H and O–H groups in total. The summed E-state index contributed by atoms with van der Waals surface area (Å²) < 4.78 is 20.9. The van der Waals surface area contributed by atoms with Crippen LogP contribution < -0.4 is 0 Å². The van der Waals surface area contributed by atoms with Crippen LogP contribution in [-0.4, -0.2) is 33.8 Å². The van der Waals surface area contributed by atoms with E-state index in [-0.39, 0.29) is 12.4 Å². The SMILES string of the molecule is Cn1cccc1CN(Cc1ccc(F)cc1)CC(O)COCc1ccccc1. The van der Waals surface area contributed by atoms with E-state index in [0.717, 1.165) is 16.8 Å². The molecule has 0 saturated carbocycles. The summed E-state index contributed by atoms with van der Waals surface area (Å²) in [6, 6.07) is 20.5. The summed E-state index contributed by atoms with van der Waals surface area (Å²) in [5.74, 6) is -0.243. The number of rotatable bonds is 10. The largest absolute Gasteiger partial charge is 0.389 e. The van der Waals surface area contributed by atoms with Crippen molar-refractivity contribution in [2.24, 2.45) is 7.05 Å². The van der Waals surface area contributed by atoms with E-state index < -0.39 is 6.10 Å². The first kappa shape index (κ1) is 20.3. The molecule has 3 aromatic rings. The number of aliphatic hydroxyl groups excluding tert-OH is 1. The van der Waals surface area contributed by atoms with Crippen LogP contribution in [0.25, 0.3) is 0 Å². The van der Waals surface area contributed by atoms with Crippen molar-refractivity contribution in [2.75, 3.05) is 13.2 Å². The Hall–Kier alpha value is -2.47. The van der Waals surface area contributed by atoms with Crippen molar-refractivity contribution in [3.63, 3.8) is 0 Å². The molecule has 0 aliphatic carbocycles. The van der Waals surface area contributed by atoms with Crippen LogP contribution in [0.1, 0.15) is 16.8 Å². The van der Waals surface area contributed by atoms with Crippen molar-refractivity contribution < 1.29 is 14.2 Å². The van der Waals surface area contributed by atoms with E-state index in [4.69, 9.17) is 4.74 Å². The van der Waals surface area contributed by atoms with E-state index in [1.165, 1.54) is 12.1 Å². The van der Waals surface area contributed by atoms with Gasteiger partial charge in [-0.1, -0.05) is 42.5 Å². The number of halogens is 1. The molecular formula is C23H27FN2O2. The predicted octanol–water partition coefficient (Wildman–Crippen LogP) is 3.74. The van der Waals surface area contributed by atoms with E-state index in [9.17, 15) is 9.50 Å². The van der Waals surface area contributed by atoms with Crippen molar-refractivity contribution in [3.05, 3.63) is 95.6 Å². The maximum absolute atomic E-state index is 13.2. The highest BCUT2D eigenvalue weighted by Crippen LogP contribution is 2.12. The standard InChI is InChI=1S/C23H27FN2O2/c1-25-13-5-8-22(25)15-26(14-19-9-11-21(24)12-10-19)16-23(27)18-28-17-20-6-3-2-4-7-20/h2-13,23,27H,14-18H2,1H3. The van der Waals surface area contributed by atoms with Gasteiger partial charge >= 0.3 is 0 Å². The maximum atomic E-state index is 13.2. The van der Waals surface area contributed by atoms with Gasteiger partial charge in [0, 0.05) is 38.6 Å². The first-order valence-electron chi connectivity index (χ1n) is 9.47. The van der Waals surface area contributed by atoms with Crippen LogP contribution in [0.4, 0.5) is 4.39 Å². The number of hydrogen-bond acceptors (Lipinski definition) is 3. The Morgan fingerprint density at radius 1 is 0.964 bits per heavy atom. The monoisotopic (exact) mass is 382 g/mol. The lowest BCUT2D eigenvalue weighted by Crippen LogP contribution is -2.34. The van der Waals surface area contributed by atoms with Crippen LogP contribution in [0.2, 0.25) is 0 Å². The Bertz CT molecular complexity index is 833. The fourth-order valence-electron chi connectivity index (χ4n) is 3.16. The second-order valence-corrected chi connectivity index (χ2v) is 7.06. The molecular weight excluding hydrogens is 355 g/mol. The predicted molar refractivity (Wildman–Crippen MR) is 108 cm³/mol. The zero-order valence-corrected chi connectivity index (χ0v) is 16.2. The Kier molecular flexibility index (Phi) is 7.37. The average molecular weight is 382 g/mol. The van der Waals surface area contributed by atoms with Gasteiger partial charge in [-0.25, -0.2) is 4.39 Å². The zero-order valence-electron chi connectivity index (χ0n) is 16.2. The first-order chi connectivity index (χ1) is 13.6. The molecule has 0 aliphatic rings. The van der Waals surface area contributed by atoms with Gasteiger partial charge in [-0.05, 0) is 35.4 Å². The summed E-state index contributed by atoms with van der Waals surface area (Å²) in [6.45, 7) is 2.53. The number of aromatic nitrogens is 1. The Morgan fingerprint density at radius 3 is 2.39 bits per heavy atom. The van der Waals surface area contributed by atoms with Crippen LogP contribution in [0, 0.1) is 5.82 Å². The van der Waals surface area contributed by atoms with Gasteiger partial charge in [-0.2, -0.15) is 0 Å². The van der Waals surface area contributed by atoms with Crippen LogP contribution in [-0.2, 0) is 31.5 Å². The lowest BCUT2D eigenvalue weighted by molar-refractivity contribution is 0.00681. The number of aliphatic hydroxyl groups is 1. The van der Waals surface area contributed by atoms with Gasteiger partial charge in [0.05, 0.1) is 19.3 Å². The molecule has 3 rings (SSSR count). The van der Waals surface area contributed by atoms with Gasteiger partial charge < -0.3 is 14.4 Å². The molecule has 1 heterocycles. The lowest BCUT2D eigenvalue weighted by Gasteiger charge is -2.25. The molecule has 1 aromatic heterocycles. The minimum Gasteiger partial charge on any atom is -0.389 e. The molecule has 0 fully saturated rings. The van der Waals surface area contributed by atoms with E-state index in [1.54, 1.807) is 12.1 Å². The minimum atomic E-state index is -0.607. The van der Waals surface area contributed by atoms with Crippen molar-refractivity contribution in [1.82, 2.24) is 9.47 Å². The molecule has 1 atom stereocenters. The molecule has 0 saturated heterocycles. The highest BCUT2D eigenvalue weighted by atomic mass is 19.1. The third kappa shape index (κ3) is 6.30. The summed E-state index contributed by atoms with van der Waals surface area (Å²) in [6.07, 6.45) is 1.40. The highest BCUT2D eigenvalue weighted by Gasteiger charge is 2.15. The van der Waals surface area contributed by atoms with Crippen LogP contribution in [0.5, 0.6) is 0 Å². The molecule has 1 unspecified atom stereocenters. The van der Waals surface area contributed by atoms with Gasteiger partial charge in [0.15, 0.2) is 0 Å². The third-order valence-electron chi connectivity index (χ3n) is 4.65. The molecule has 0 aliphatic heterocycles. The van der Waals surface area contributed by atoms with Crippen LogP contribution in [0.15, 0.2) is 72.9 Å². The van der Waals surface area contributed by atoms with E-state index in [2.05, 4.69) is 15.5 Å². The minimum absolute atomic E-state index is 0.243. The highest BCUT2D eigenvalue weighted by molar-refractivity contribution is 5.16. The average Bonchev–Trinajstić information content (AvgIpc) is 3.09. The lowest BCUT2D eigenvalue weighted by atomic mass is 10.2. The number of ether oxygens (including phenoxy) is 1. The summed E-state index contributed by atoms with van der Waals surface area (Å²) in [4.78, 5) is 2.15. The normalized spacial score (nSPS) is 12.4. The summed E-state index contributed by atoms with van der Waals surface area (Å²) >= 11 is 0. The number of benzene rings is 2. The second kappa shape index (κ2) is 10.2. The number of aryl methyl sites for hydroxylation is 1. The zero-order chi connectivity index (χ0) is 19.8. The van der Waals surface area contributed by atoms with Gasteiger partial charge in [0.1, 0.15) is 5.82 Å². The second-order valence-electron chi connectivity index (χ2n) is 7.06. The molecule has 0 spiro atoms. The first-order valence-corrected chi connectivity index (χ1v) is 9.47. The van der Waals surface area contributed by atoms with E-state index in [1.807, 2.05) is 49.6 Å². The molecule has 0 amide bonds. The topological polar surface area (TPSA) is 37.6 Å². The quantitative estimate of drug-likeness (QED) is 0.580. The van der Waals surface area contributed by atoms with Crippen LogP contribution in [0.3, 0.4) is 0 Å². The molecule has 148 valence electrons. The van der Waals surface area contributed by atoms with Crippen molar-refractivity contribution in [2.45, 2.75) is 25.8 Å². The van der Waals surface area contributed by atoms with Gasteiger partial charge in [0.25, 0.3) is 0 Å². The molecule has 28 heavy (non-hydrogen) atoms. The third-order valence-corrected chi connectivity index (χ3v) is 4.65. The van der Waals surface area contributed by atoms with Crippen molar-refractivity contribution >= 4 is 0 Å². The van der Waals surface area contributed by atoms with E-state index in [0.29, 0.717) is 26.2 Å². The molecule has 5 heteroatoms. The number of hydrogen-bond donors (Lipinski definition) is 1. The van der Waals surface area contributed by atoms with E-state index >= 15 is 0 Å².